The van der Waals surface area contributed by atoms with Crippen LogP contribution in [0.1, 0.15) is 38.6 Å². The molecule has 0 aliphatic rings. The fourth-order valence-corrected chi connectivity index (χ4v) is 2.71. The molecule has 1 aromatic heterocycles. The lowest BCUT2D eigenvalue weighted by Crippen LogP contribution is -2.37. The first-order chi connectivity index (χ1) is 7.30. The summed E-state index contributed by atoms with van der Waals surface area (Å²) in [6.07, 6.45) is -0.321. The van der Waals surface area contributed by atoms with Gasteiger partial charge in [-0.3, -0.25) is 0 Å². The van der Waals surface area contributed by atoms with Crippen molar-refractivity contribution in [3.05, 3.63) is 20.8 Å². The van der Waals surface area contributed by atoms with Gasteiger partial charge < -0.3 is 10.4 Å². The fourth-order valence-electron chi connectivity index (χ4n) is 1.26. The van der Waals surface area contributed by atoms with Gasteiger partial charge in [0.05, 0.1) is 9.89 Å². The molecular weight excluding hydrogens is 286 g/mol. The minimum Gasteiger partial charge on any atom is -0.391 e. The van der Waals surface area contributed by atoms with Crippen molar-refractivity contribution in [3.8, 4) is 0 Å². The molecule has 2 unspecified atom stereocenters. The first-order valence-corrected chi connectivity index (χ1v) is 7.08. The Labute approximate surface area is 110 Å². The molecule has 0 bridgehead atoms. The van der Waals surface area contributed by atoms with Crippen LogP contribution in [0.4, 0.5) is 0 Å². The normalized spacial score (nSPS) is 16.1. The molecule has 0 fully saturated rings. The third-order valence-corrected chi connectivity index (χ3v) is 4.44. The molecule has 0 aliphatic carbocycles. The van der Waals surface area contributed by atoms with Gasteiger partial charge >= 0.3 is 0 Å². The number of aliphatic hydroxyl groups is 1. The summed E-state index contributed by atoms with van der Waals surface area (Å²) in [6, 6.07) is 4.45. The summed E-state index contributed by atoms with van der Waals surface area (Å²) in [6.45, 7) is 8.89. The van der Waals surface area contributed by atoms with Gasteiger partial charge in [-0.15, -0.1) is 11.3 Å². The van der Waals surface area contributed by atoms with Crippen molar-refractivity contribution in [3.63, 3.8) is 0 Å². The molecule has 2 nitrogen and oxygen atoms in total. The second kappa shape index (κ2) is 5.63. The highest BCUT2D eigenvalue weighted by molar-refractivity contribution is 9.11. The van der Waals surface area contributed by atoms with E-state index in [1.54, 1.807) is 11.3 Å². The summed E-state index contributed by atoms with van der Waals surface area (Å²) in [5, 5.41) is 13.3. The van der Waals surface area contributed by atoms with Gasteiger partial charge in [-0.05, 0) is 40.4 Å². The van der Waals surface area contributed by atoms with Crippen LogP contribution >= 0.6 is 27.3 Å². The number of hydrogen-bond donors (Lipinski definition) is 2. The number of thiophene rings is 1. The third kappa shape index (κ3) is 4.17. The maximum absolute atomic E-state index is 9.92. The maximum atomic E-state index is 9.92. The molecule has 0 amide bonds. The lowest BCUT2D eigenvalue weighted by molar-refractivity contribution is 0.0610. The molecule has 4 heteroatoms. The van der Waals surface area contributed by atoms with Crippen LogP contribution in [0.15, 0.2) is 15.9 Å². The Morgan fingerprint density at radius 3 is 2.50 bits per heavy atom. The highest BCUT2D eigenvalue weighted by atomic mass is 79.9. The molecule has 0 spiro atoms. The smallest absolute Gasteiger partial charge is 0.0712 e. The predicted molar refractivity (Wildman–Crippen MR) is 73.9 cm³/mol. The van der Waals surface area contributed by atoms with Gasteiger partial charge in [0.1, 0.15) is 0 Å². The van der Waals surface area contributed by atoms with Crippen molar-refractivity contribution >= 4 is 27.3 Å². The standard InChI is InChI=1S/C12H20BrNOS/c1-8(9-5-6-11(13)16-9)14-7-10(15)12(2,3)4/h5-6,8,10,14-15H,7H2,1-4H3. The molecule has 2 atom stereocenters. The highest BCUT2D eigenvalue weighted by Gasteiger charge is 2.22. The van der Waals surface area contributed by atoms with E-state index in [0.717, 1.165) is 3.79 Å². The Morgan fingerprint density at radius 2 is 2.06 bits per heavy atom. The van der Waals surface area contributed by atoms with Crippen LogP contribution in [0.25, 0.3) is 0 Å². The van der Waals surface area contributed by atoms with Crippen LogP contribution in [0.2, 0.25) is 0 Å². The van der Waals surface area contributed by atoms with Crippen molar-refractivity contribution < 1.29 is 5.11 Å². The Morgan fingerprint density at radius 1 is 1.44 bits per heavy atom. The Kier molecular flexibility index (Phi) is 4.98. The monoisotopic (exact) mass is 305 g/mol. The van der Waals surface area contributed by atoms with E-state index >= 15 is 0 Å². The molecular formula is C12H20BrNOS. The molecule has 0 saturated heterocycles. The van der Waals surface area contributed by atoms with Gasteiger partial charge in [-0.2, -0.15) is 0 Å². The second-order valence-corrected chi connectivity index (χ2v) is 7.65. The Balaban J connectivity index is 2.44. The fraction of sp³-hybridized carbons (Fsp3) is 0.667. The van der Waals surface area contributed by atoms with Crippen LogP contribution in [0.5, 0.6) is 0 Å². The molecule has 1 aromatic rings. The van der Waals surface area contributed by atoms with E-state index < -0.39 is 0 Å². The molecule has 0 aromatic carbocycles. The van der Waals surface area contributed by atoms with E-state index in [1.807, 2.05) is 20.8 Å². The van der Waals surface area contributed by atoms with Gasteiger partial charge in [0.2, 0.25) is 0 Å². The van der Waals surface area contributed by atoms with E-state index in [1.165, 1.54) is 4.88 Å². The van der Waals surface area contributed by atoms with E-state index in [9.17, 15) is 5.11 Å². The molecule has 0 radical (unpaired) electrons. The van der Waals surface area contributed by atoms with Gasteiger partial charge in [0.25, 0.3) is 0 Å². The van der Waals surface area contributed by atoms with Crippen LogP contribution in [0, 0.1) is 5.41 Å². The number of hydrogen-bond acceptors (Lipinski definition) is 3. The molecule has 0 saturated carbocycles. The van der Waals surface area contributed by atoms with Gasteiger partial charge in [-0.25, -0.2) is 0 Å². The molecule has 2 N–H and O–H groups in total. The van der Waals surface area contributed by atoms with E-state index in [4.69, 9.17) is 0 Å². The van der Waals surface area contributed by atoms with Gasteiger partial charge in [-0.1, -0.05) is 20.8 Å². The van der Waals surface area contributed by atoms with Crippen LogP contribution in [-0.4, -0.2) is 17.8 Å². The van der Waals surface area contributed by atoms with Gasteiger partial charge in [0.15, 0.2) is 0 Å². The summed E-state index contributed by atoms with van der Waals surface area (Å²) in [7, 11) is 0. The lowest BCUT2D eigenvalue weighted by Gasteiger charge is -2.27. The quantitative estimate of drug-likeness (QED) is 0.891. The molecule has 1 rings (SSSR count). The topological polar surface area (TPSA) is 32.3 Å². The van der Waals surface area contributed by atoms with E-state index in [-0.39, 0.29) is 17.6 Å². The zero-order chi connectivity index (χ0) is 12.3. The Bertz CT molecular complexity index is 332. The molecule has 16 heavy (non-hydrogen) atoms. The molecule has 1 heterocycles. The van der Waals surface area contributed by atoms with Crippen molar-refractivity contribution in [1.29, 1.82) is 0 Å². The minimum absolute atomic E-state index is 0.0667. The maximum Gasteiger partial charge on any atom is 0.0712 e. The van der Waals surface area contributed by atoms with Crippen molar-refractivity contribution in [1.82, 2.24) is 5.32 Å². The highest BCUT2D eigenvalue weighted by Crippen LogP contribution is 2.27. The molecule has 92 valence electrons. The van der Waals surface area contributed by atoms with Crippen LogP contribution in [-0.2, 0) is 0 Å². The SMILES string of the molecule is CC(NCC(O)C(C)(C)C)c1ccc(Br)s1. The summed E-state index contributed by atoms with van der Waals surface area (Å²) >= 11 is 5.18. The largest absolute Gasteiger partial charge is 0.391 e. The van der Waals surface area contributed by atoms with Crippen molar-refractivity contribution in [2.75, 3.05) is 6.54 Å². The number of rotatable bonds is 4. The second-order valence-electron chi connectivity index (χ2n) is 5.15. The van der Waals surface area contributed by atoms with Crippen LogP contribution in [0.3, 0.4) is 0 Å². The number of halogens is 1. The van der Waals surface area contributed by atoms with Crippen molar-refractivity contribution in [2.45, 2.75) is 39.8 Å². The summed E-state index contributed by atoms with van der Waals surface area (Å²) < 4.78 is 1.15. The number of aliphatic hydroxyl groups excluding tert-OH is 1. The predicted octanol–water partition coefficient (Wildman–Crippen LogP) is 3.57. The van der Waals surface area contributed by atoms with E-state index in [2.05, 4.69) is 40.3 Å². The summed E-state index contributed by atoms with van der Waals surface area (Å²) in [5.74, 6) is 0. The summed E-state index contributed by atoms with van der Waals surface area (Å²) in [4.78, 5) is 1.29. The van der Waals surface area contributed by atoms with E-state index in [0.29, 0.717) is 6.54 Å². The average Bonchev–Trinajstić information content (AvgIpc) is 2.59. The number of nitrogens with one attached hydrogen (secondary N) is 1. The lowest BCUT2D eigenvalue weighted by atomic mass is 9.89. The first-order valence-electron chi connectivity index (χ1n) is 5.47. The Hall–Kier alpha value is 0.1000. The molecule has 0 aliphatic heterocycles. The van der Waals surface area contributed by atoms with Gasteiger partial charge in [0, 0.05) is 17.5 Å². The summed E-state index contributed by atoms with van der Waals surface area (Å²) in [5.41, 5.74) is -0.0667. The van der Waals surface area contributed by atoms with Crippen molar-refractivity contribution in [2.24, 2.45) is 5.41 Å². The first kappa shape index (κ1) is 14.2. The average molecular weight is 306 g/mol. The van der Waals surface area contributed by atoms with Crippen LogP contribution < -0.4 is 5.32 Å². The zero-order valence-corrected chi connectivity index (χ0v) is 12.7. The minimum atomic E-state index is -0.321. The third-order valence-electron chi connectivity index (χ3n) is 2.64. The zero-order valence-electron chi connectivity index (χ0n) is 10.2.